The molecule has 0 aliphatic heterocycles. The van der Waals surface area contributed by atoms with Gasteiger partial charge in [-0.3, -0.25) is 0 Å². The van der Waals surface area contributed by atoms with Crippen LogP contribution >= 0.6 is 0 Å². The van der Waals surface area contributed by atoms with E-state index in [1.54, 1.807) is 7.11 Å². The van der Waals surface area contributed by atoms with Crippen LogP contribution < -0.4 is 5.32 Å². The Bertz CT molecular complexity index is 114. The molecule has 0 bridgehead atoms. The van der Waals surface area contributed by atoms with E-state index in [0.29, 0.717) is 18.8 Å². The third-order valence-electron chi connectivity index (χ3n) is 2.14. The zero-order chi connectivity index (χ0) is 10.8. The Morgan fingerprint density at radius 2 is 1.93 bits per heavy atom. The maximum Gasteiger partial charge on any atom is 0.0645 e. The monoisotopic (exact) mass is 203 g/mol. The molecule has 2 atom stereocenters. The second-order valence-electron chi connectivity index (χ2n) is 3.64. The van der Waals surface area contributed by atoms with E-state index in [1.165, 1.54) is 6.42 Å². The maximum atomic E-state index is 5.71. The lowest BCUT2D eigenvalue weighted by Crippen LogP contribution is -2.38. The molecule has 0 saturated heterocycles. The zero-order valence-corrected chi connectivity index (χ0v) is 10.0. The van der Waals surface area contributed by atoms with Gasteiger partial charge in [-0.15, -0.1) is 0 Å². The lowest BCUT2D eigenvalue weighted by molar-refractivity contribution is 0.0265. The molecule has 3 nitrogen and oxygen atoms in total. The fourth-order valence-corrected chi connectivity index (χ4v) is 1.43. The van der Waals surface area contributed by atoms with Crippen molar-refractivity contribution >= 4 is 0 Å². The first-order valence-electron chi connectivity index (χ1n) is 5.58. The van der Waals surface area contributed by atoms with Crippen molar-refractivity contribution in [1.82, 2.24) is 5.32 Å². The van der Waals surface area contributed by atoms with Crippen LogP contribution in [0, 0.1) is 0 Å². The quantitative estimate of drug-likeness (QED) is 0.620. The van der Waals surface area contributed by atoms with Crippen LogP contribution in [0.3, 0.4) is 0 Å². The van der Waals surface area contributed by atoms with Gasteiger partial charge in [0, 0.05) is 7.11 Å². The number of ether oxygens (including phenoxy) is 2. The minimum absolute atomic E-state index is 0.323. The standard InChI is InChI=1S/C11H25NO2/c1-5-7-10(3)14-9-11(8-13-4)12-6-2/h10-12H,5-9H2,1-4H3. The minimum Gasteiger partial charge on any atom is -0.383 e. The molecule has 3 heteroatoms. The average Bonchev–Trinajstić information content (AvgIpc) is 2.15. The molecule has 86 valence electrons. The number of likely N-dealkylation sites (N-methyl/N-ethyl adjacent to an activating group) is 1. The molecule has 0 saturated carbocycles. The lowest BCUT2D eigenvalue weighted by Gasteiger charge is -2.19. The van der Waals surface area contributed by atoms with Crippen molar-refractivity contribution in [3.8, 4) is 0 Å². The molecule has 0 amide bonds. The number of nitrogens with one attached hydrogen (secondary N) is 1. The van der Waals surface area contributed by atoms with Crippen LogP contribution in [-0.4, -0.2) is 39.0 Å². The lowest BCUT2D eigenvalue weighted by atomic mass is 10.2. The third-order valence-corrected chi connectivity index (χ3v) is 2.14. The molecule has 0 rings (SSSR count). The molecular formula is C11H25NO2. The smallest absolute Gasteiger partial charge is 0.0645 e. The van der Waals surface area contributed by atoms with Crippen molar-refractivity contribution in [2.75, 3.05) is 26.9 Å². The predicted octanol–water partition coefficient (Wildman–Crippen LogP) is 1.82. The van der Waals surface area contributed by atoms with Crippen LogP contribution in [0.4, 0.5) is 0 Å². The van der Waals surface area contributed by atoms with E-state index < -0.39 is 0 Å². The maximum absolute atomic E-state index is 5.71. The minimum atomic E-state index is 0.323. The van der Waals surface area contributed by atoms with Gasteiger partial charge in [-0.1, -0.05) is 20.3 Å². The zero-order valence-electron chi connectivity index (χ0n) is 10.0. The summed E-state index contributed by atoms with van der Waals surface area (Å²) in [7, 11) is 1.72. The van der Waals surface area contributed by atoms with Crippen LogP contribution in [0.1, 0.15) is 33.6 Å². The van der Waals surface area contributed by atoms with Crippen molar-refractivity contribution in [3.63, 3.8) is 0 Å². The number of hydrogen-bond donors (Lipinski definition) is 1. The molecule has 0 aliphatic carbocycles. The summed E-state index contributed by atoms with van der Waals surface area (Å²) >= 11 is 0. The SMILES string of the molecule is CCCC(C)OCC(COC)NCC. The summed E-state index contributed by atoms with van der Waals surface area (Å²) in [5, 5.41) is 3.33. The molecule has 0 spiro atoms. The van der Waals surface area contributed by atoms with Gasteiger partial charge in [-0.05, 0) is 19.9 Å². The van der Waals surface area contributed by atoms with E-state index in [9.17, 15) is 0 Å². The largest absolute Gasteiger partial charge is 0.383 e. The van der Waals surface area contributed by atoms with E-state index in [4.69, 9.17) is 9.47 Å². The predicted molar refractivity (Wildman–Crippen MR) is 59.7 cm³/mol. The van der Waals surface area contributed by atoms with Crippen LogP contribution in [0.15, 0.2) is 0 Å². The van der Waals surface area contributed by atoms with Gasteiger partial charge >= 0.3 is 0 Å². The van der Waals surface area contributed by atoms with Gasteiger partial charge in [0.25, 0.3) is 0 Å². The van der Waals surface area contributed by atoms with Crippen molar-refractivity contribution in [2.24, 2.45) is 0 Å². The summed E-state index contributed by atoms with van der Waals surface area (Å²) < 4.78 is 10.8. The number of methoxy groups -OCH3 is 1. The summed E-state index contributed by atoms with van der Waals surface area (Å²) in [6.07, 6.45) is 2.67. The number of rotatable bonds is 9. The first-order valence-corrected chi connectivity index (χ1v) is 5.58. The molecule has 2 unspecified atom stereocenters. The van der Waals surface area contributed by atoms with E-state index in [2.05, 4.69) is 26.1 Å². The molecule has 0 aromatic heterocycles. The van der Waals surface area contributed by atoms with Gasteiger partial charge in [0.1, 0.15) is 0 Å². The fourth-order valence-electron chi connectivity index (χ4n) is 1.43. The van der Waals surface area contributed by atoms with Crippen molar-refractivity contribution in [2.45, 2.75) is 45.8 Å². The highest BCUT2D eigenvalue weighted by Gasteiger charge is 2.09. The summed E-state index contributed by atoms with van der Waals surface area (Å²) in [5.41, 5.74) is 0. The van der Waals surface area contributed by atoms with Gasteiger partial charge in [0.05, 0.1) is 25.4 Å². The molecule has 14 heavy (non-hydrogen) atoms. The average molecular weight is 203 g/mol. The normalized spacial score (nSPS) is 15.4. The molecule has 0 aromatic carbocycles. The Kier molecular flexibility index (Phi) is 9.35. The van der Waals surface area contributed by atoms with E-state index in [0.717, 1.165) is 19.6 Å². The number of hydrogen-bond acceptors (Lipinski definition) is 3. The summed E-state index contributed by atoms with van der Waals surface area (Å²) in [5.74, 6) is 0. The van der Waals surface area contributed by atoms with Gasteiger partial charge in [0.2, 0.25) is 0 Å². The summed E-state index contributed by atoms with van der Waals surface area (Å²) in [4.78, 5) is 0. The molecule has 0 fully saturated rings. The highest BCUT2D eigenvalue weighted by atomic mass is 16.5. The first-order chi connectivity index (χ1) is 6.74. The van der Waals surface area contributed by atoms with E-state index in [-0.39, 0.29) is 0 Å². The molecule has 0 radical (unpaired) electrons. The van der Waals surface area contributed by atoms with Crippen molar-refractivity contribution in [1.29, 1.82) is 0 Å². The Balaban J connectivity index is 3.57. The van der Waals surface area contributed by atoms with Gasteiger partial charge in [0.15, 0.2) is 0 Å². The summed E-state index contributed by atoms with van der Waals surface area (Å²) in [6, 6.07) is 0.323. The van der Waals surface area contributed by atoms with Crippen LogP contribution in [-0.2, 0) is 9.47 Å². The van der Waals surface area contributed by atoms with Crippen LogP contribution in [0.2, 0.25) is 0 Å². The third kappa shape index (κ3) is 7.30. The van der Waals surface area contributed by atoms with Gasteiger partial charge < -0.3 is 14.8 Å². The highest BCUT2D eigenvalue weighted by molar-refractivity contribution is 4.64. The summed E-state index contributed by atoms with van der Waals surface area (Å²) in [6.45, 7) is 8.81. The van der Waals surface area contributed by atoms with Gasteiger partial charge in [-0.25, -0.2) is 0 Å². The molecular weight excluding hydrogens is 178 g/mol. The topological polar surface area (TPSA) is 30.5 Å². The van der Waals surface area contributed by atoms with Crippen molar-refractivity contribution in [3.05, 3.63) is 0 Å². The second-order valence-corrected chi connectivity index (χ2v) is 3.64. The van der Waals surface area contributed by atoms with Crippen LogP contribution in [0.5, 0.6) is 0 Å². The highest BCUT2D eigenvalue weighted by Crippen LogP contribution is 2.01. The Labute approximate surface area is 88.2 Å². The molecule has 0 aromatic rings. The molecule has 1 N–H and O–H groups in total. The van der Waals surface area contributed by atoms with Crippen molar-refractivity contribution < 1.29 is 9.47 Å². The first kappa shape index (κ1) is 13.9. The van der Waals surface area contributed by atoms with E-state index >= 15 is 0 Å². The van der Waals surface area contributed by atoms with E-state index in [1.807, 2.05) is 0 Å². The Hall–Kier alpha value is -0.120. The van der Waals surface area contributed by atoms with Gasteiger partial charge in [-0.2, -0.15) is 0 Å². The van der Waals surface area contributed by atoms with Crippen LogP contribution in [0.25, 0.3) is 0 Å². The fraction of sp³-hybridized carbons (Fsp3) is 1.00. The molecule has 0 heterocycles. The Morgan fingerprint density at radius 3 is 2.43 bits per heavy atom. The second kappa shape index (κ2) is 9.44. The Morgan fingerprint density at radius 1 is 1.21 bits per heavy atom. The molecule has 0 aliphatic rings.